The molecular formula is C9H10N2O. The fourth-order valence-electron chi connectivity index (χ4n) is 1.15. The highest BCUT2D eigenvalue weighted by Crippen LogP contribution is 2.12. The second-order valence-electron chi connectivity index (χ2n) is 2.49. The lowest BCUT2D eigenvalue weighted by Crippen LogP contribution is -1.92. The minimum atomic E-state index is 0.691. The Kier molecular flexibility index (Phi) is 1.70. The summed E-state index contributed by atoms with van der Waals surface area (Å²) in [5.74, 6) is 0.871. The van der Waals surface area contributed by atoms with E-state index in [-0.39, 0.29) is 0 Å². The molecule has 0 aromatic carbocycles. The first-order valence-electron chi connectivity index (χ1n) is 3.95. The minimum absolute atomic E-state index is 0.691. The molecule has 3 heteroatoms. The Balaban J connectivity index is 2.46. The summed E-state index contributed by atoms with van der Waals surface area (Å²) in [7, 11) is 0. The molecule has 62 valence electrons. The summed E-state index contributed by atoms with van der Waals surface area (Å²) in [6.45, 7) is 2.66. The Hall–Kier alpha value is -1.51. The first-order valence-corrected chi connectivity index (χ1v) is 3.95. The average Bonchev–Trinajstić information content (AvgIpc) is 2.51. The van der Waals surface area contributed by atoms with Crippen LogP contribution in [0.25, 0.3) is 5.65 Å². The van der Waals surface area contributed by atoms with E-state index in [2.05, 4.69) is 4.98 Å². The number of hydrogen-bond acceptors (Lipinski definition) is 2. The van der Waals surface area contributed by atoms with Gasteiger partial charge in [-0.05, 0) is 13.0 Å². The Labute approximate surface area is 70.6 Å². The van der Waals surface area contributed by atoms with Crippen molar-refractivity contribution in [1.82, 2.24) is 9.38 Å². The molecule has 12 heavy (non-hydrogen) atoms. The first-order chi connectivity index (χ1) is 5.90. The summed E-state index contributed by atoms with van der Waals surface area (Å²) >= 11 is 0. The van der Waals surface area contributed by atoms with Gasteiger partial charge in [-0.3, -0.25) is 0 Å². The van der Waals surface area contributed by atoms with Crippen molar-refractivity contribution in [3.8, 4) is 5.75 Å². The topological polar surface area (TPSA) is 26.5 Å². The van der Waals surface area contributed by atoms with Crippen LogP contribution in [0.3, 0.4) is 0 Å². The van der Waals surface area contributed by atoms with Gasteiger partial charge in [0.15, 0.2) is 0 Å². The standard InChI is InChI=1S/C9H10N2O/c1-2-12-8-3-5-11-6-4-10-9(11)7-8/h3-7H,2H2,1H3. The van der Waals surface area contributed by atoms with Gasteiger partial charge in [-0.25, -0.2) is 4.98 Å². The second-order valence-corrected chi connectivity index (χ2v) is 2.49. The van der Waals surface area contributed by atoms with Gasteiger partial charge in [0, 0.05) is 24.7 Å². The van der Waals surface area contributed by atoms with E-state index >= 15 is 0 Å². The van der Waals surface area contributed by atoms with Crippen LogP contribution in [0.5, 0.6) is 5.75 Å². The van der Waals surface area contributed by atoms with Crippen LogP contribution in [0.1, 0.15) is 6.92 Å². The third-order valence-corrected chi connectivity index (χ3v) is 1.68. The maximum atomic E-state index is 5.33. The molecule has 2 aromatic rings. The van der Waals surface area contributed by atoms with Crippen LogP contribution in [-0.2, 0) is 0 Å². The Morgan fingerprint density at radius 3 is 3.25 bits per heavy atom. The van der Waals surface area contributed by atoms with Crippen molar-refractivity contribution in [3.05, 3.63) is 30.7 Å². The molecule has 3 nitrogen and oxygen atoms in total. The van der Waals surface area contributed by atoms with E-state index in [0.29, 0.717) is 6.61 Å². The largest absolute Gasteiger partial charge is 0.494 e. The van der Waals surface area contributed by atoms with Gasteiger partial charge in [-0.1, -0.05) is 0 Å². The number of rotatable bonds is 2. The summed E-state index contributed by atoms with van der Waals surface area (Å²) in [6, 6.07) is 3.85. The molecule has 0 saturated carbocycles. The number of nitrogens with zero attached hydrogens (tertiary/aromatic N) is 2. The molecular weight excluding hydrogens is 152 g/mol. The van der Waals surface area contributed by atoms with E-state index in [4.69, 9.17) is 4.74 Å². The normalized spacial score (nSPS) is 10.4. The molecule has 2 heterocycles. The van der Waals surface area contributed by atoms with Crippen molar-refractivity contribution in [2.24, 2.45) is 0 Å². The average molecular weight is 162 g/mol. The number of aromatic nitrogens is 2. The number of pyridine rings is 1. The van der Waals surface area contributed by atoms with Crippen LogP contribution in [-0.4, -0.2) is 16.0 Å². The molecule has 0 atom stereocenters. The minimum Gasteiger partial charge on any atom is -0.494 e. The van der Waals surface area contributed by atoms with Crippen LogP contribution in [0.2, 0.25) is 0 Å². The quantitative estimate of drug-likeness (QED) is 0.672. The lowest BCUT2D eigenvalue weighted by atomic mass is 10.4. The predicted octanol–water partition coefficient (Wildman–Crippen LogP) is 1.73. The van der Waals surface area contributed by atoms with Crippen molar-refractivity contribution < 1.29 is 4.74 Å². The van der Waals surface area contributed by atoms with Crippen molar-refractivity contribution in [2.45, 2.75) is 6.92 Å². The summed E-state index contributed by atoms with van der Waals surface area (Å²) in [4.78, 5) is 4.14. The molecule has 0 bridgehead atoms. The molecule has 2 aromatic heterocycles. The van der Waals surface area contributed by atoms with Crippen LogP contribution in [0.15, 0.2) is 30.7 Å². The van der Waals surface area contributed by atoms with Gasteiger partial charge >= 0.3 is 0 Å². The van der Waals surface area contributed by atoms with Gasteiger partial charge in [-0.2, -0.15) is 0 Å². The molecule has 0 N–H and O–H groups in total. The van der Waals surface area contributed by atoms with Crippen molar-refractivity contribution in [1.29, 1.82) is 0 Å². The van der Waals surface area contributed by atoms with Gasteiger partial charge in [-0.15, -0.1) is 0 Å². The second kappa shape index (κ2) is 2.85. The molecule has 0 fully saturated rings. The highest BCUT2D eigenvalue weighted by molar-refractivity contribution is 5.43. The van der Waals surface area contributed by atoms with Crippen molar-refractivity contribution in [3.63, 3.8) is 0 Å². The summed E-state index contributed by atoms with van der Waals surface area (Å²) in [5.41, 5.74) is 0.918. The fraction of sp³-hybridized carbons (Fsp3) is 0.222. The number of ether oxygens (including phenoxy) is 1. The Bertz CT molecular complexity index is 381. The van der Waals surface area contributed by atoms with Gasteiger partial charge in [0.2, 0.25) is 0 Å². The number of imidazole rings is 1. The molecule has 0 aliphatic rings. The fourth-order valence-corrected chi connectivity index (χ4v) is 1.15. The maximum Gasteiger partial charge on any atom is 0.140 e. The van der Waals surface area contributed by atoms with Crippen LogP contribution in [0, 0.1) is 0 Å². The van der Waals surface area contributed by atoms with E-state index in [9.17, 15) is 0 Å². The smallest absolute Gasteiger partial charge is 0.140 e. The van der Waals surface area contributed by atoms with E-state index in [0.717, 1.165) is 11.4 Å². The van der Waals surface area contributed by atoms with Crippen molar-refractivity contribution >= 4 is 5.65 Å². The lowest BCUT2D eigenvalue weighted by molar-refractivity contribution is 0.340. The summed E-state index contributed by atoms with van der Waals surface area (Å²) in [6.07, 6.45) is 5.61. The van der Waals surface area contributed by atoms with Crippen LogP contribution >= 0.6 is 0 Å². The van der Waals surface area contributed by atoms with Gasteiger partial charge in [0.1, 0.15) is 11.4 Å². The molecule has 0 aliphatic heterocycles. The lowest BCUT2D eigenvalue weighted by Gasteiger charge is -2.01. The van der Waals surface area contributed by atoms with Gasteiger partial charge < -0.3 is 9.14 Å². The van der Waals surface area contributed by atoms with Gasteiger partial charge in [0.25, 0.3) is 0 Å². The first kappa shape index (κ1) is 7.16. The highest BCUT2D eigenvalue weighted by Gasteiger charge is 1.95. The molecule has 0 unspecified atom stereocenters. The third-order valence-electron chi connectivity index (χ3n) is 1.68. The zero-order chi connectivity index (χ0) is 8.39. The van der Waals surface area contributed by atoms with E-state index in [1.807, 2.05) is 35.9 Å². The van der Waals surface area contributed by atoms with Gasteiger partial charge in [0.05, 0.1) is 6.61 Å². The third kappa shape index (κ3) is 1.13. The molecule has 0 saturated heterocycles. The molecule has 0 spiro atoms. The Morgan fingerprint density at radius 2 is 2.42 bits per heavy atom. The number of hydrogen-bond donors (Lipinski definition) is 0. The molecule has 0 radical (unpaired) electrons. The highest BCUT2D eigenvalue weighted by atomic mass is 16.5. The summed E-state index contributed by atoms with van der Waals surface area (Å²) in [5, 5.41) is 0. The van der Waals surface area contributed by atoms with Crippen LogP contribution in [0.4, 0.5) is 0 Å². The predicted molar refractivity (Wildman–Crippen MR) is 46.4 cm³/mol. The Morgan fingerprint density at radius 1 is 1.50 bits per heavy atom. The molecule has 0 aliphatic carbocycles. The van der Waals surface area contributed by atoms with Crippen molar-refractivity contribution in [2.75, 3.05) is 6.61 Å². The van der Waals surface area contributed by atoms with E-state index in [1.54, 1.807) is 6.20 Å². The van der Waals surface area contributed by atoms with E-state index in [1.165, 1.54) is 0 Å². The number of fused-ring (bicyclic) bond motifs is 1. The maximum absolute atomic E-state index is 5.33. The summed E-state index contributed by atoms with van der Waals surface area (Å²) < 4.78 is 7.28. The molecule has 2 rings (SSSR count). The monoisotopic (exact) mass is 162 g/mol. The van der Waals surface area contributed by atoms with E-state index < -0.39 is 0 Å². The molecule has 0 amide bonds. The zero-order valence-electron chi connectivity index (χ0n) is 6.90. The zero-order valence-corrected chi connectivity index (χ0v) is 6.90. The SMILES string of the molecule is CCOc1ccn2ccnc2c1. The van der Waals surface area contributed by atoms with Crippen LogP contribution < -0.4 is 4.74 Å².